The molecule has 1 saturated carbocycles. The fourth-order valence-electron chi connectivity index (χ4n) is 3.91. The molecule has 28 heavy (non-hydrogen) atoms. The van der Waals surface area contributed by atoms with Gasteiger partial charge in [0.1, 0.15) is 0 Å². The zero-order valence-electron chi connectivity index (χ0n) is 15.9. The van der Waals surface area contributed by atoms with E-state index in [-0.39, 0.29) is 17.9 Å². The summed E-state index contributed by atoms with van der Waals surface area (Å²) in [6, 6.07) is 18.9. The Morgan fingerprint density at radius 2 is 1.93 bits per heavy atom. The number of carbonyl (C=O) groups is 1. The Kier molecular flexibility index (Phi) is 5.53. The van der Waals surface area contributed by atoms with Crippen molar-refractivity contribution in [1.82, 2.24) is 15.1 Å². The molecule has 0 aliphatic heterocycles. The Balaban J connectivity index is 1.44. The summed E-state index contributed by atoms with van der Waals surface area (Å²) >= 11 is 0. The van der Waals surface area contributed by atoms with Gasteiger partial charge in [0.05, 0.1) is 6.54 Å². The zero-order valence-corrected chi connectivity index (χ0v) is 15.9. The van der Waals surface area contributed by atoms with Crippen LogP contribution in [0.4, 0.5) is 0 Å². The van der Waals surface area contributed by atoms with Crippen LogP contribution in [0.3, 0.4) is 0 Å². The molecular weight excluding hydrogens is 348 g/mol. The van der Waals surface area contributed by atoms with E-state index in [4.69, 9.17) is 5.73 Å². The van der Waals surface area contributed by atoms with Crippen LogP contribution in [-0.4, -0.2) is 21.7 Å². The van der Waals surface area contributed by atoms with E-state index in [1.807, 2.05) is 29.1 Å². The Bertz CT molecular complexity index is 918. The number of benzene rings is 2. The van der Waals surface area contributed by atoms with Gasteiger partial charge in [0.25, 0.3) is 0 Å². The van der Waals surface area contributed by atoms with Gasteiger partial charge < -0.3 is 11.1 Å². The number of hydrogen-bond donors (Lipinski definition) is 2. The highest BCUT2D eigenvalue weighted by molar-refractivity contribution is 5.79. The third kappa shape index (κ3) is 4.31. The van der Waals surface area contributed by atoms with Crippen molar-refractivity contribution in [2.24, 2.45) is 11.7 Å². The van der Waals surface area contributed by atoms with Gasteiger partial charge >= 0.3 is 0 Å². The number of carbonyl (C=O) groups excluding carboxylic acids is 1. The monoisotopic (exact) mass is 374 g/mol. The molecule has 4 rings (SSSR count). The molecule has 0 bridgehead atoms. The second kappa shape index (κ2) is 8.40. The van der Waals surface area contributed by atoms with Crippen molar-refractivity contribution in [2.75, 3.05) is 0 Å². The summed E-state index contributed by atoms with van der Waals surface area (Å²) in [4.78, 5) is 12.4. The van der Waals surface area contributed by atoms with Gasteiger partial charge in [-0.2, -0.15) is 5.10 Å². The lowest BCUT2D eigenvalue weighted by Gasteiger charge is -2.14. The van der Waals surface area contributed by atoms with Crippen LogP contribution in [0.2, 0.25) is 0 Å². The highest BCUT2D eigenvalue weighted by Crippen LogP contribution is 2.26. The average Bonchev–Trinajstić information content (AvgIpc) is 3.39. The van der Waals surface area contributed by atoms with Crippen molar-refractivity contribution < 1.29 is 4.79 Å². The highest BCUT2D eigenvalue weighted by atomic mass is 16.1. The smallest absolute Gasteiger partial charge is 0.223 e. The number of nitrogens with two attached hydrogens (primary N) is 1. The lowest BCUT2D eigenvalue weighted by Crippen LogP contribution is -2.30. The molecule has 0 saturated heterocycles. The van der Waals surface area contributed by atoms with E-state index in [0.717, 1.165) is 42.5 Å². The Morgan fingerprint density at radius 3 is 2.64 bits per heavy atom. The fourth-order valence-corrected chi connectivity index (χ4v) is 3.91. The summed E-state index contributed by atoms with van der Waals surface area (Å²) in [5.74, 6) is 0.182. The molecule has 3 N–H and O–H groups in total. The normalized spacial score (nSPS) is 18.9. The van der Waals surface area contributed by atoms with E-state index < -0.39 is 0 Å². The van der Waals surface area contributed by atoms with Crippen molar-refractivity contribution >= 4 is 5.91 Å². The van der Waals surface area contributed by atoms with Gasteiger partial charge in [-0.1, -0.05) is 48.5 Å². The summed E-state index contributed by atoms with van der Waals surface area (Å²) in [6.07, 6.45) is 6.39. The summed E-state index contributed by atoms with van der Waals surface area (Å²) in [6.45, 7) is 1.30. The predicted molar refractivity (Wildman–Crippen MR) is 110 cm³/mol. The molecule has 1 heterocycles. The SMILES string of the molecule is NC1CCC(C(=O)NCc2ccccc2-c2ccc(Cn3cccn3)cc2)C1. The van der Waals surface area contributed by atoms with Gasteiger partial charge in [-0.3, -0.25) is 9.48 Å². The quantitative estimate of drug-likeness (QED) is 0.695. The molecule has 1 aliphatic rings. The van der Waals surface area contributed by atoms with Crippen molar-refractivity contribution in [1.29, 1.82) is 0 Å². The van der Waals surface area contributed by atoms with E-state index in [1.165, 1.54) is 5.56 Å². The van der Waals surface area contributed by atoms with Gasteiger partial charge in [-0.25, -0.2) is 0 Å². The molecular formula is C23H26N4O. The van der Waals surface area contributed by atoms with E-state index in [0.29, 0.717) is 6.54 Å². The van der Waals surface area contributed by atoms with Crippen molar-refractivity contribution in [3.8, 4) is 11.1 Å². The molecule has 3 aromatic rings. The van der Waals surface area contributed by atoms with Crippen LogP contribution in [0.25, 0.3) is 11.1 Å². The summed E-state index contributed by atoms with van der Waals surface area (Å²) in [7, 11) is 0. The lowest BCUT2D eigenvalue weighted by molar-refractivity contribution is -0.125. The summed E-state index contributed by atoms with van der Waals surface area (Å²) in [5, 5.41) is 7.36. The maximum Gasteiger partial charge on any atom is 0.223 e. The van der Waals surface area contributed by atoms with E-state index in [2.05, 4.69) is 46.8 Å². The molecule has 1 fully saturated rings. The molecule has 0 spiro atoms. The van der Waals surface area contributed by atoms with Crippen molar-refractivity contribution in [3.63, 3.8) is 0 Å². The van der Waals surface area contributed by atoms with Crippen LogP contribution in [-0.2, 0) is 17.9 Å². The summed E-state index contributed by atoms with van der Waals surface area (Å²) < 4.78 is 1.91. The number of rotatable bonds is 6. The molecule has 2 atom stereocenters. The predicted octanol–water partition coefficient (Wildman–Crippen LogP) is 3.34. The van der Waals surface area contributed by atoms with Gasteiger partial charge in [0.15, 0.2) is 0 Å². The minimum Gasteiger partial charge on any atom is -0.352 e. The molecule has 5 heteroatoms. The highest BCUT2D eigenvalue weighted by Gasteiger charge is 2.27. The molecule has 0 radical (unpaired) electrons. The molecule has 2 aromatic carbocycles. The minimum absolute atomic E-state index is 0.0590. The lowest BCUT2D eigenvalue weighted by atomic mass is 9.98. The van der Waals surface area contributed by atoms with Crippen LogP contribution in [0.5, 0.6) is 0 Å². The Labute approximate surface area is 165 Å². The van der Waals surface area contributed by atoms with E-state index >= 15 is 0 Å². The van der Waals surface area contributed by atoms with Crippen LogP contribution < -0.4 is 11.1 Å². The first-order valence-corrected chi connectivity index (χ1v) is 9.87. The Hall–Kier alpha value is -2.92. The molecule has 5 nitrogen and oxygen atoms in total. The van der Waals surface area contributed by atoms with Gasteiger partial charge in [-0.15, -0.1) is 0 Å². The number of nitrogens with one attached hydrogen (secondary N) is 1. The molecule has 144 valence electrons. The molecule has 1 aliphatic carbocycles. The van der Waals surface area contributed by atoms with Crippen molar-refractivity contribution in [3.05, 3.63) is 78.1 Å². The molecule has 1 amide bonds. The number of hydrogen-bond acceptors (Lipinski definition) is 3. The Morgan fingerprint density at radius 1 is 1.11 bits per heavy atom. The summed E-state index contributed by atoms with van der Waals surface area (Å²) in [5.41, 5.74) is 10.6. The first-order valence-electron chi connectivity index (χ1n) is 9.87. The molecule has 1 aromatic heterocycles. The van der Waals surface area contributed by atoms with Gasteiger partial charge in [0, 0.05) is 30.9 Å². The third-order valence-electron chi connectivity index (χ3n) is 5.48. The second-order valence-corrected chi connectivity index (χ2v) is 7.55. The molecule has 2 unspecified atom stereocenters. The maximum absolute atomic E-state index is 12.4. The average molecular weight is 374 g/mol. The fraction of sp³-hybridized carbons (Fsp3) is 0.304. The van der Waals surface area contributed by atoms with Crippen molar-refractivity contribution in [2.45, 2.75) is 38.4 Å². The first-order chi connectivity index (χ1) is 13.7. The largest absolute Gasteiger partial charge is 0.352 e. The number of nitrogens with zero attached hydrogens (tertiary/aromatic N) is 2. The van der Waals surface area contributed by atoms with Gasteiger partial charge in [-0.05, 0) is 47.6 Å². The van der Waals surface area contributed by atoms with Crippen LogP contribution >= 0.6 is 0 Å². The zero-order chi connectivity index (χ0) is 19.3. The minimum atomic E-state index is 0.0590. The standard InChI is InChI=1S/C23H26N4O/c24-21-11-10-19(14-21)23(28)25-15-20-4-1-2-5-22(20)18-8-6-17(7-9-18)16-27-13-3-12-26-27/h1-9,12-13,19,21H,10-11,14-16,24H2,(H,25,28). The number of aromatic nitrogens is 2. The van der Waals surface area contributed by atoms with Crippen LogP contribution in [0.1, 0.15) is 30.4 Å². The van der Waals surface area contributed by atoms with E-state index in [1.54, 1.807) is 6.20 Å². The van der Waals surface area contributed by atoms with Crippen LogP contribution in [0.15, 0.2) is 67.0 Å². The van der Waals surface area contributed by atoms with Crippen LogP contribution in [0, 0.1) is 5.92 Å². The third-order valence-corrected chi connectivity index (χ3v) is 5.48. The number of amides is 1. The first kappa shape index (κ1) is 18.4. The maximum atomic E-state index is 12.4. The second-order valence-electron chi connectivity index (χ2n) is 7.55. The van der Waals surface area contributed by atoms with E-state index in [9.17, 15) is 4.79 Å². The van der Waals surface area contributed by atoms with Gasteiger partial charge in [0.2, 0.25) is 5.91 Å². The topological polar surface area (TPSA) is 72.9 Å².